The number of nitrogens with zero attached hydrogens (tertiary/aromatic N) is 1. The second-order valence-corrected chi connectivity index (χ2v) is 4.52. The van der Waals surface area contributed by atoms with Crippen molar-refractivity contribution in [3.8, 4) is 0 Å². The number of morpholine rings is 1. The number of benzene rings is 1. The Kier molecular flexibility index (Phi) is 3.89. The van der Waals surface area contributed by atoms with Gasteiger partial charge < -0.3 is 15.4 Å². The summed E-state index contributed by atoms with van der Waals surface area (Å²) in [4.78, 5) is 1.90. The highest BCUT2D eigenvalue weighted by Crippen LogP contribution is 2.38. The standard InChI is InChI=1S/C13H17F3N2O/c1-2-9-7-10(18-3-5-19-6-4-18)8-11(12(9)17)13(14,15)16/h7-8H,2-6,17H2,1H3. The fourth-order valence-corrected chi connectivity index (χ4v) is 2.23. The van der Waals surface area contributed by atoms with E-state index in [0.29, 0.717) is 44.0 Å². The molecule has 1 aliphatic rings. The molecule has 0 atom stereocenters. The van der Waals surface area contributed by atoms with Gasteiger partial charge >= 0.3 is 6.18 Å². The molecule has 1 aromatic rings. The van der Waals surface area contributed by atoms with Crippen molar-refractivity contribution in [3.05, 3.63) is 23.3 Å². The maximum atomic E-state index is 13.0. The van der Waals surface area contributed by atoms with Crippen LogP contribution in [0.4, 0.5) is 24.5 Å². The normalized spacial score (nSPS) is 16.7. The Labute approximate surface area is 110 Å². The van der Waals surface area contributed by atoms with Crippen molar-refractivity contribution in [1.29, 1.82) is 0 Å². The number of anilines is 2. The number of rotatable bonds is 2. The molecule has 1 saturated heterocycles. The SMILES string of the molecule is CCc1cc(N2CCOCC2)cc(C(F)(F)F)c1N. The average molecular weight is 274 g/mol. The average Bonchev–Trinajstić information content (AvgIpc) is 2.38. The van der Waals surface area contributed by atoms with Crippen molar-refractivity contribution >= 4 is 11.4 Å². The summed E-state index contributed by atoms with van der Waals surface area (Å²) < 4.78 is 44.2. The molecule has 106 valence electrons. The number of hydrogen-bond acceptors (Lipinski definition) is 3. The molecule has 2 N–H and O–H groups in total. The molecule has 0 unspecified atom stereocenters. The van der Waals surface area contributed by atoms with E-state index in [4.69, 9.17) is 10.5 Å². The van der Waals surface area contributed by atoms with Crippen LogP contribution in [-0.4, -0.2) is 26.3 Å². The minimum Gasteiger partial charge on any atom is -0.398 e. The van der Waals surface area contributed by atoms with E-state index in [1.165, 1.54) is 0 Å². The van der Waals surface area contributed by atoms with Crippen LogP contribution in [0, 0.1) is 0 Å². The first-order valence-electron chi connectivity index (χ1n) is 6.25. The summed E-state index contributed by atoms with van der Waals surface area (Å²) in [5, 5.41) is 0. The van der Waals surface area contributed by atoms with E-state index in [0.717, 1.165) is 6.07 Å². The summed E-state index contributed by atoms with van der Waals surface area (Å²) in [7, 11) is 0. The zero-order valence-corrected chi connectivity index (χ0v) is 10.8. The molecule has 2 rings (SSSR count). The summed E-state index contributed by atoms with van der Waals surface area (Å²) in [6, 6.07) is 2.88. The molecule has 0 aromatic heterocycles. The number of ether oxygens (including phenoxy) is 1. The molecule has 1 fully saturated rings. The minimum absolute atomic E-state index is 0.160. The van der Waals surface area contributed by atoms with Crippen LogP contribution in [0.15, 0.2) is 12.1 Å². The summed E-state index contributed by atoms with van der Waals surface area (Å²) in [5.74, 6) is 0. The molecule has 3 nitrogen and oxygen atoms in total. The Morgan fingerprint density at radius 2 is 1.89 bits per heavy atom. The molecular weight excluding hydrogens is 257 g/mol. The number of alkyl halides is 3. The Morgan fingerprint density at radius 3 is 2.42 bits per heavy atom. The first kappa shape index (κ1) is 14.0. The topological polar surface area (TPSA) is 38.5 Å². The van der Waals surface area contributed by atoms with Crippen molar-refractivity contribution < 1.29 is 17.9 Å². The molecule has 0 radical (unpaired) electrons. The van der Waals surface area contributed by atoms with E-state index in [1.807, 2.05) is 4.90 Å². The fourth-order valence-electron chi connectivity index (χ4n) is 2.23. The lowest BCUT2D eigenvalue weighted by Crippen LogP contribution is -2.36. The van der Waals surface area contributed by atoms with Gasteiger partial charge in [-0.1, -0.05) is 6.92 Å². The van der Waals surface area contributed by atoms with E-state index >= 15 is 0 Å². The molecular formula is C13H17F3N2O. The molecule has 19 heavy (non-hydrogen) atoms. The van der Waals surface area contributed by atoms with Crippen LogP contribution in [0.1, 0.15) is 18.1 Å². The van der Waals surface area contributed by atoms with Crippen LogP contribution in [0.2, 0.25) is 0 Å². The second kappa shape index (κ2) is 5.28. The van der Waals surface area contributed by atoms with E-state index in [9.17, 15) is 13.2 Å². The highest BCUT2D eigenvalue weighted by atomic mass is 19.4. The van der Waals surface area contributed by atoms with Crippen molar-refractivity contribution in [1.82, 2.24) is 0 Å². The van der Waals surface area contributed by atoms with Crippen LogP contribution < -0.4 is 10.6 Å². The predicted molar refractivity (Wildman–Crippen MR) is 68.3 cm³/mol. The van der Waals surface area contributed by atoms with Gasteiger partial charge in [-0.2, -0.15) is 13.2 Å². The van der Waals surface area contributed by atoms with Crippen LogP contribution in [0.3, 0.4) is 0 Å². The second-order valence-electron chi connectivity index (χ2n) is 4.52. The van der Waals surface area contributed by atoms with Gasteiger partial charge in [-0.25, -0.2) is 0 Å². The summed E-state index contributed by atoms with van der Waals surface area (Å²) in [5.41, 5.74) is 5.82. The Balaban J connectivity index is 2.44. The summed E-state index contributed by atoms with van der Waals surface area (Å²) >= 11 is 0. The van der Waals surface area contributed by atoms with E-state index < -0.39 is 11.7 Å². The molecule has 0 saturated carbocycles. The lowest BCUT2D eigenvalue weighted by atomic mass is 10.0. The van der Waals surface area contributed by atoms with Gasteiger partial charge in [0, 0.05) is 24.5 Å². The highest BCUT2D eigenvalue weighted by Gasteiger charge is 2.34. The number of aryl methyl sites for hydroxylation is 1. The van der Waals surface area contributed by atoms with E-state index in [2.05, 4.69) is 0 Å². The number of halogens is 3. The third-order valence-corrected chi connectivity index (χ3v) is 3.31. The molecule has 1 aliphatic heterocycles. The maximum absolute atomic E-state index is 13.0. The fraction of sp³-hybridized carbons (Fsp3) is 0.538. The number of nitrogen functional groups attached to an aromatic ring is 1. The monoisotopic (exact) mass is 274 g/mol. The molecule has 0 spiro atoms. The lowest BCUT2D eigenvalue weighted by molar-refractivity contribution is -0.136. The molecule has 1 aromatic carbocycles. The van der Waals surface area contributed by atoms with Gasteiger partial charge in [-0.3, -0.25) is 0 Å². The predicted octanol–water partition coefficient (Wildman–Crippen LogP) is 2.69. The van der Waals surface area contributed by atoms with Crippen LogP contribution in [0.5, 0.6) is 0 Å². The molecule has 1 heterocycles. The third kappa shape index (κ3) is 2.94. The Hall–Kier alpha value is -1.43. The summed E-state index contributed by atoms with van der Waals surface area (Å²) in [6.45, 7) is 4.07. The zero-order chi connectivity index (χ0) is 14.0. The van der Waals surface area contributed by atoms with Gasteiger partial charge in [0.05, 0.1) is 18.8 Å². The Morgan fingerprint density at radius 1 is 1.26 bits per heavy atom. The highest BCUT2D eigenvalue weighted by molar-refractivity contribution is 5.64. The molecule has 0 aliphatic carbocycles. The van der Waals surface area contributed by atoms with Crippen LogP contribution >= 0.6 is 0 Å². The van der Waals surface area contributed by atoms with Crippen molar-refractivity contribution in [3.63, 3.8) is 0 Å². The minimum atomic E-state index is -4.42. The van der Waals surface area contributed by atoms with Gasteiger partial charge in [-0.15, -0.1) is 0 Å². The number of nitrogens with two attached hydrogens (primary N) is 1. The van der Waals surface area contributed by atoms with Gasteiger partial charge in [0.2, 0.25) is 0 Å². The zero-order valence-electron chi connectivity index (χ0n) is 10.8. The number of hydrogen-bond donors (Lipinski definition) is 1. The van der Waals surface area contributed by atoms with Crippen molar-refractivity contribution in [2.24, 2.45) is 0 Å². The molecule has 0 amide bonds. The lowest BCUT2D eigenvalue weighted by Gasteiger charge is -2.30. The van der Waals surface area contributed by atoms with Gasteiger partial charge in [-0.05, 0) is 24.1 Å². The largest absolute Gasteiger partial charge is 0.418 e. The van der Waals surface area contributed by atoms with E-state index in [1.54, 1.807) is 13.0 Å². The summed E-state index contributed by atoms with van der Waals surface area (Å²) in [6.07, 6.45) is -3.94. The van der Waals surface area contributed by atoms with Gasteiger partial charge in [0.1, 0.15) is 0 Å². The quantitative estimate of drug-likeness (QED) is 0.843. The van der Waals surface area contributed by atoms with Crippen LogP contribution in [0.25, 0.3) is 0 Å². The first-order chi connectivity index (χ1) is 8.93. The van der Waals surface area contributed by atoms with Crippen molar-refractivity contribution in [2.75, 3.05) is 36.9 Å². The third-order valence-electron chi connectivity index (χ3n) is 3.31. The Bertz CT molecular complexity index is 454. The molecule has 0 bridgehead atoms. The van der Waals surface area contributed by atoms with Gasteiger partial charge in [0.25, 0.3) is 0 Å². The van der Waals surface area contributed by atoms with E-state index in [-0.39, 0.29) is 5.69 Å². The maximum Gasteiger partial charge on any atom is 0.418 e. The van der Waals surface area contributed by atoms with Crippen LogP contribution in [-0.2, 0) is 17.3 Å². The smallest absolute Gasteiger partial charge is 0.398 e. The van der Waals surface area contributed by atoms with Crippen molar-refractivity contribution in [2.45, 2.75) is 19.5 Å². The first-order valence-corrected chi connectivity index (χ1v) is 6.25. The van der Waals surface area contributed by atoms with Gasteiger partial charge in [0.15, 0.2) is 0 Å². The molecule has 6 heteroatoms.